The van der Waals surface area contributed by atoms with Crippen LogP contribution in [-0.2, 0) is 17.6 Å². The summed E-state index contributed by atoms with van der Waals surface area (Å²) in [6.45, 7) is 2.49. The van der Waals surface area contributed by atoms with Gasteiger partial charge in [0.05, 0.1) is 0 Å². The summed E-state index contributed by atoms with van der Waals surface area (Å²) >= 11 is 0. The second-order valence-electron chi connectivity index (χ2n) is 4.50. The lowest BCUT2D eigenvalue weighted by Crippen LogP contribution is -2.34. The Bertz CT molecular complexity index is 363. The van der Waals surface area contributed by atoms with E-state index in [9.17, 15) is 4.79 Å². The maximum Gasteiger partial charge on any atom is 0.223 e. The molecule has 1 aliphatic heterocycles. The molecule has 0 aliphatic carbocycles. The molecule has 1 aromatic rings. The second-order valence-corrected chi connectivity index (χ2v) is 4.50. The number of benzene rings is 1. The van der Waals surface area contributed by atoms with Crippen molar-refractivity contribution in [3.63, 3.8) is 0 Å². The van der Waals surface area contributed by atoms with Gasteiger partial charge in [0.15, 0.2) is 0 Å². The van der Waals surface area contributed by atoms with Crippen LogP contribution in [0.2, 0.25) is 0 Å². The van der Waals surface area contributed by atoms with Crippen molar-refractivity contribution in [1.82, 2.24) is 10.2 Å². The molecule has 0 aromatic heterocycles. The third-order valence-electron chi connectivity index (χ3n) is 3.36. The van der Waals surface area contributed by atoms with Crippen LogP contribution in [0.5, 0.6) is 0 Å². The molecule has 0 saturated carbocycles. The molecule has 3 heteroatoms. The number of fused-ring (bicyclic) bond motifs is 1. The van der Waals surface area contributed by atoms with E-state index >= 15 is 0 Å². The van der Waals surface area contributed by atoms with E-state index in [0.29, 0.717) is 6.42 Å². The molecule has 1 aromatic carbocycles. The van der Waals surface area contributed by atoms with E-state index in [1.807, 2.05) is 11.9 Å². The Morgan fingerprint density at radius 2 is 1.82 bits per heavy atom. The third-order valence-corrected chi connectivity index (χ3v) is 3.36. The third kappa shape index (κ3) is 3.07. The lowest BCUT2D eigenvalue weighted by atomic mass is 10.0. The lowest BCUT2D eigenvalue weighted by molar-refractivity contribution is -0.130. The standard InChI is InChI=1S/C14H20N2O/c1-15-9-6-14(17)16-10-7-12-4-2-3-5-13(12)8-11-16/h2-5,15H,6-11H2,1H3. The summed E-state index contributed by atoms with van der Waals surface area (Å²) in [6, 6.07) is 8.52. The van der Waals surface area contributed by atoms with Crippen LogP contribution in [0.4, 0.5) is 0 Å². The van der Waals surface area contributed by atoms with Gasteiger partial charge in [0.25, 0.3) is 0 Å². The Morgan fingerprint density at radius 3 is 2.35 bits per heavy atom. The first kappa shape index (κ1) is 12.1. The van der Waals surface area contributed by atoms with Crippen molar-refractivity contribution >= 4 is 5.91 Å². The summed E-state index contributed by atoms with van der Waals surface area (Å²) in [5, 5.41) is 3.02. The fourth-order valence-electron chi connectivity index (χ4n) is 2.31. The van der Waals surface area contributed by atoms with Crippen LogP contribution in [0.3, 0.4) is 0 Å². The summed E-state index contributed by atoms with van der Waals surface area (Å²) in [5.41, 5.74) is 2.80. The van der Waals surface area contributed by atoms with Crippen LogP contribution in [0.15, 0.2) is 24.3 Å². The highest BCUT2D eigenvalue weighted by Crippen LogP contribution is 2.15. The van der Waals surface area contributed by atoms with Crippen molar-refractivity contribution in [2.75, 3.05) is 26.7 Å². The quantitative estimate of drug-likeness (QED) is 0.850. The van der Waals surface area contributed by atoms with Gasteiger partial charge in [-0.05, 0) is 31.0 Å². The van der Waals surface area contributed by atoms with Crippen LogP contribution in [0.1, 0.15) is 17.5 Å². The normalized spacial score (nSPS) is 15.2. The van der Waals surface area contributed by atoms with Crippen molar-refractivity contribution in [2.45, 2.75) is 19.3 Å². The molecule has 0 unspecified atom stereocenters. The molecule has 3 nitrogen and oxygen atoms in total. The number of nitrogens with zero attached hydrogens (tertiary/aromatic N) is 1. The molecule has 1 N–H and O–H groups in total. The average molecular weight is 232 g/mol. The van der Waals surface area contributed by atoms with E-state index in [0.717, 1.165) is 32.5 Å². The molecule has 17 heavy (non-hydrogen) atoms. The summed E-state index contributed by atoms with van der Waals surface area (Å²) in [6.07, 6.45) is 2.58. The van der Waals surface area contributed by atoms with E-state index in [4.69, 9.17) is 0 Å². The molecule has 0 fully saturated rings. The van der Waals surface area contributed by atoms with Crippen LogP contribution in [0.25, 0.3) is 0 Å². The molecule has 0 bridgehead atoms. The fraction of sp³-hybridized carbons (Fsp3) is 0.500. The number of amides is 1. The molecule has 1 amide bonds. The zero-order valence-electron chi connectivity index (χ0n) is 10.4. The summed E-state index contributed by atoms with van der Waals surface area (Å²) in [4.78, 5) is 13.9. The highest BCUT2D eigenvalue weighted by Gasteiger charge is 2.17. The second kappa shape index (κ2) is 5.82. The minimum Gasteiger partial charge on any atom is -0.342 e. The van der Waals surface area contributed by atoms with Crippen LogP contribution in [-0.4, -0.2) is 37.5 Å². The highest BCUT2D eigenvalue weighted by atomic mass is 16.2. The Balaban J connectivity index is 1.97. The SMILES string of the molecule is CNCCC(=O)N1CCc2ccccc2CC1. The molecule has 0 saturated heterocycles. The number of rotatable bonds is 3. The van der Waals surface area contributed by atoms with Crippen LogP contribution in [0, 0.1) is 0 Å². The predicted molar refractivity (Wildman–Crippen MR) is 69.0 cm³/mol. The molecule has 2 rings (SSSR count). The number of carbonyl (C=O) groups is 1. The van der Waals surface area contributed by atoms with Gasteiger partial charge in [-0.25, -0.2) is 0 Å². The minimum absolute atomic E-state index is 0.271. The topological polar surface area (TPSA) is 32.3 Å². The summed E-state index contributed by atoms with van der Waals surface area (Å²) in [7, 11) is 1.88. The zero-order chi connectivity index (χ0) is 12.1. The van der Waals surface area contributed by atoms with Gasteiger partial charge in [0, 0.05) is 26.1 Å². The molecule has 1 aliphatic rings. The zero-order valence-corrected chi connectivity index (χ0v) is 10.4. The van der Waals surface area contributed by atoms with Crippen molar-refractivity contribution in [1.29, 1.82) is 0 Å². The van der Waals surface area contributed by atoms with E-state index in [-0.39, 0.29) is 5.91 Å². The highest BCUT2D eigenvalue weighted by molar-refractivity contribution is 5.76. The Kier molecular flexibility index (Phi) is 4.15. The first-order chi connectivity index (χ1) is 8.31. The number of carbonyl (C=O) groups excluding carboxylic acids is 1. The Morgan fingerprint density at radius 1 is 1.24 bits per heavy atom. The van der Waals surface area contributed by atoms with E-state index < -0.39 is 0 Å². The minimum atomic E-state index is 0.271. The van der Waals surface area contributed by atoms with Gasteiger partial charge in [-0.3, -0.25) is 4.79 Å². The van der Waals surface area contributed by atoms with Gasteiger partial charge in [0.1, 0.15) is 0 Å². The predicted octanol–water partition coefficient (Wildman–Crippen LogP) is 1.22. The molecule has 0 spiro atoms. The van der Waals surface area contributed by atoms with Crippen molar-refractivity contribution < 1.29 is 4.79 Å². The van der Waals surface area contributed by atoms with Crippen molar-refractivity contribution in [3.05, 3.63) is 35.4 Å². The number of hydrogen-bond donors (Lipinski definition) is 1. The molecule has 0 radical (unpaired) electrons. The van der Waals surface area contributed by atoms with Gasteiger partial charge in [0.2, 0.25) is 5.91 Å². The largest absolute Gasteiger partial charge is 0.342 e. The van der Waals surface area contributed by atoms with Gasteiger partial charge < -0.3 is 10.2 Å². The van der Waals surface area contributed by atoms with Gasteiger partial charge in [-0.15, -0.1) is 0 Å². The molecular formula is C14H20N2O. The van der Waals surface area contributed by atoms with E-state index in [2.05, 4.69) is 29.6 Å². The average Bonchev–Trinajstić information content (AvgIpc) is 2.58. The number of nitrogens with one attached hydrogen (secondary N) is 1. The lowest BCUT2D eigenvalue weighted by Gasteiger charge is -2.20. The van der Waals surface area contributed by atoms with E-state index in [1.165, 1.54) is 11.1 Å². The number of hydrogen-bond acceptors (Lipinski definition) is 2. The maximum absolute atomic E-state index is 11.9. The summed E-state index contributed by atoms with van der Waals surface area (Å²) in [5.74, 6) is 0.271. The maximum atomic E-state index is 11.9. The first-order valence-corrected chi connectivity index (χ1v) is 6.30. The van der Waals surface area contributed by atoms with E-state index in [1.54, 1.807) is 0 Å². The Labute approximate surface area is 103 Å². The van der Waals surface area contributed by atoms with Crippen LogP contribution < -0.4 is 5.32 Å². The Hall–Kier alpha value is -1.35. The molecule has 0 atom stereocenters. The van der Waals surface area contributed by atoms with Gasteiger partial charge in [-0.2, -0.15) is 0 Å². The van der Waals surface area contributed by atoms with Crippen LogP contribution >= 0.6 is 0 Å². The van der Waals surface area contributed by atoms with Crippen molar-refractivity contribution in [3.8, 4) is 0 Å². The molecule has 92 valence electrons. The molecule has 1 heterocycles. The fourth-order valence-corrected chi connectivity index (χ4v) is 2.31. The summed E-state index contributed by atoms with van der Waals surface area (Å²) < 4.78 is 0. The first-order valence-electron chi connectivity index (χ1n) is 6.30. The monoisotopic (exact) mass is 232 g/mol. The molecular weight excluding hydrogens is 212 g/mol. The van der Waals surface area contributed by atoms with Gasteiger partial charge in [-0.1, -0.05) is 24.3 Å². The smallest absolute Gasteiger partial charge is 0.223 e. The van der Waals surface area contributed by atoms with Crippen molar-refractivity contribution in [2.24, 2.45) is 0 Å². The van der Waals surface area contributed by atoms with Gasteiger partial charge >= 0.3 is 0 Å².